The molecule has 5 heteroatoms. The van der Waals surface area contributed by atoms with Crippen LogP contribution in [0.25, 0.3) is 0 Å². The second-order valence-electron chi connectivity index (χ2n) is 4.91. The molecule has 0 atom stereocenters. The van der Waals surface area contributed by atoms with Crippen LogP contribution >= 0.6 is 11.8 Å². The van der Waals surface area contributed by atoms with E-state index in [-0.39, 0.29) is 12.5 Å². The van der Waals surface area contributed by atoms with Gasteiger partial charge in [-0.2, -0.15) is 0 Å². The number of benzene rings is 1. The average molecular weight is 294 g/mol. The minimum Gasteiger partial charge on any atom is -0.370 e. The Kier molecular flexibility index (Phi) is 6.36. The number of carbonyl (C=O) groups is 1. The van der Waals surface area contributed by atoms with Crippen LogP contribution in [0.5, 0.6) is 0 Å². The number of anilines is 1. The molecule has 1 fully saturated rings. The molecule has 0 saturated heterocycles. The van der Waals surface area contributed by atoms with E-state index in [1.54, 1.807) is 0 Å². The second-order valence-corrected chi connectivity index (χ2v) is 6.25. The highest BCUT2D eigenvalue weighted by Crippen LogP contribution is 2.37. The van der Waals surface area contributed by atoms with E-state index in [9.17, 15) is 4.79 Å². The van der Waals surface area contributed by atoms with Crippen molar-refractivity contribution in [3.05, 3.63) is 24.3 Å². The third-order valence-corrected chi connectivity index (χ3v) is 4.67. The van der Waals surface area contributed by atoms with Crippen molar-refractivity contribution in [1.82, 2.24) is 0 Å². The van der Waals surface area contributed by atoms with Crippen LogP contribution in [0.2, 0.25) is 0 Å². The van der Waals surface area contributed by atoms with Crippen LogP contribution in [0.1, 0.15) is 25.7 Å². The molecule has 0 heterocycles. The molecule has 1 aromatic carbocycles. The molecule has 0 bridgehead atoms. The van der Waals surface area contributed by atoms with Gasteiger partial charge >= 0.3 is 0 Å². The quantitative estimate of drug-likeness (QED) is 0.759. The first-order valence-corrected chi connectivity index (χ1v) is 8.01. The predicted octanol–water partition coefficient (Wildman–Crippen LogP) is 2.64. The first kappa shape index (κ1) is 15.4. The lowest BCUT2D eigenvalue weighted by Crippen LogP contribution is -2.21. The number of rotatable bonds is 7. The zero-order valence-electron chi connectivity index (χ0n) is 11.6. The van der Waals surface area contributed by atoms with Crippen LogP contribution in [0.15, 0.2) is 29.2 Å². The number of hydrogen-bond acceptors (Lipinski definition) is 4. The minimum absolute atomic E-state index is 0.0552. The molecule has 0 aromatic heterocycles. The van der Waals surface area contributed by atoms with Crippen molar-refractivity contribution in [2.75, 3.05) is 25.1 Å². The van der Waals surface area contributed by atoms with Gasteiger partial charge in [0.05, 0.1) is 12.3 Å². The fourth-order valence-electron chi connectivity index (χ4n) is 2.29. The van der Waals surface area contributed by atoms with Crippen molar-refractivity contribution < 1.29 is 9.53 Å². The van der Waals surface area contributed by atoms with Crippen molar-refractivity contribution in [3.63, 3.8) is 0 Å². The zero-order valence-corrected chi connectivity index (χ0v) is 12.5. The molecule has 110 valence electrons. The summed E-state index contributed by atoms with van der Waals surface area (Å²) in [5.74, 6) is -0.127. The number of thioether (sulfide) groups is 1. The first-order chi connectivity index (χ1) is 9.79. The number of carbonyl (C=O) groups excluding carboxylic acids is 1. The summed E-state index contributed by atoms with van der Waals surface area (Å²) in [6.45, 7) is 0.896. The lowest BCUT2D eigenvalue weighted by atomic mass is 10.3. The van der Waals surface area contributed by atoms with Crippen molar-refractivity contribution in [1.29, 1.82) is 0 Å². The van der Waals surface area contributed by atoms with Gasteiger partial charge in [0.25, 0.3) is 0 Å². The van der Waals surface area contributed by atoms with Crippen molar-refractivity contribution in [3.8, 4) is 0 Å². The Morgan fingerprint density at radius 1 is 1.35 bits per heavy atom. The molecular weight excluding hydrogens is 272 g/mol. The maximum Gasteiger partial charge on any atom is 0.250 e. The Bertz CT molecular complexity index is 434. The minimum atomic E-state index is -0.127. The van der Waals surface area contributed by atoms with Gasteiger partial charge in [0, 0.05) is 16.7 Å². The van der Waals surface area contributed by atoms with Crippen LogP contribution < -0.4 is 11.1 Å². The Balaban J connectivity index is 1.91. The maximum atomic E-state index is 11.8. The van der Waals surface area contributed by atoms with Gasteiger partial charge in [-0.1, -0.05) is 25.0 Å². The van der Waals surface area contributed by atoms with Crippen LogP contribution in [-0.4, -0.2) is 30.9 Å². The molecule has 0 spiro atoms. The summed E-state index contributed by atoms with van der Waals surface area (Å²) in [4.78, 5) is 12.9. The molecule has 0 unspecified atom stereocenters. The summed E-state index contributed by atoms with van der Waals surface area (Å²) in [7, 11) is 0. The fraction of sp³-hybridized carbons (Fsp3) is 0.533. The number of hydrogen-bond donors (Lipinski definition) is 2. The Labute approximate surface area is 124 Å². The van der Waals surface area contributed by atoms with E-state index in [1.165, 1.54) is 25.7 Å². The largest absolute Gasteiger partial charge is 0.370 e. The summed E-state index contributed by atoms with van der Waals surface area (Å²) in [6, 6.07) is 7.96. The van der Waals surface area contributed by atoms with Gasteiger partial charge in [0.15, 0.2) is 0 Å². The number of amides is 1. The van der Waals surface area contributed by atoms with Crippen LogP contribution in [-0.2, 0) is 9.53 Å². The van der Waals surface area contributed by atoms with Gasteiger partial charge in [0.1, 0.15) is 6.61 Å². The normalized spacial score (nSPS) is 15.4. The van der Waals surface area contributed by atoms with E-state index in [2.05, 4.69) is 11.4 Å². The molecule has 3 N–H and O–H groups in total. The number of nitrogens with one attached hydrogen (secondary N) is 1. The van der Waals surface area contributed by atoms with Crippen LogP contribution in [0.4, 0.5) is 5.69 Å². The predicted molar refractivity (Wildman–Crippen MR) is 83.1 cm³/mol. The molecule has 2 rings (SSSR count). The van der Waals surface area contributed by atoms with Crippen molar-refractivity contribution in [2.45, 2.75) is 35.8 Å². The third-order valence-electron chi connectivity index (χ3n) is 3.25. The maximum absolute atomic E-state index is 11.8. The highest BCUT2D eigenvalue weighted by atomic mass is 32.2. The van der Waals surface area contributed by atoms with E-state index < -0.39 is 0 Å². The third kappa shape index (κ3) is 4.81. The van der Waals surface area contributed by atoms with Crippen molar-refractivity contribution in [2.24, 2.45) is 5.73 Å². The molecule has 0 aliphatic heterocycles. The Morgan fingerprint density at radius 2 is 2.10 bits per heavy atom. The SMILES string of the molecule is NCCOCC(=O)Nc1ccccc1SC1CCCC1. The van der Waals surface area contributed by atoms with Gasteiger partial charge < -0.3 is 15.8 Å². The van der Waals surface area contributed by atoms with Crippen molar-refractivity contribution >= 4 is 23.4 Å². The molecular formula is C15H22N2O2S. The molecule has 20 heavy (non-hydrogen) atoms. The lowest BCUT2D eigenvalue weighted by molar-refractivity contribution is -0.120. The van der Waals surface area contributed by atoms with E-state index in [1.807, 2.05) is 30.0 Å². The van der Waals surface area contributed by atoms with E-state index >= 15 is 0 Å². The fourth-order valence-corrected chi connectivity index (χ4v) is 3.62. The monoisotopic (exact) mass is 294 g/mol. The van der Waals surface area contributed by atoms with Crippen LogP contribution in [0.3, 0.4) is 0 Å². The van der Waals surface area contributed by atoms with E-state index in [4.69, 9.17) is 10.5 Å². The lowest BCUT2D eigenvalue weighted by Gasteiger charge is -2.14. The molecule has 0 radical (unpaired) electrons. The molecule has 1 saturated carbocycles. The Morgan fingerprint density at radius 3 is 2.85 bits per heavy atom. The molecule has 4 nitrogen and oxygen atoms in total. The summed E-state index contributed by atoms with van der Waals surface area (Å²) in [5.41, 5.74) is 6.20. The second kappa shape index (κ2) is 8.29. The number of para-hydroxylation sites is 1. The van der Waals surface area contributed by atoms with E-state index in [0.29, 0.717) is 18.4 Å². The highest BCUT2D eigenvalue weighted by molar-refractivity contribution is 8.00. The van der Waals surface area contributed by atoms with Gasteiger partial charge in [-0.15, -0.1) is 11.8 Å². The zero-order chi connectivity index (χ0) is 14.2. The molecule has 1 aliphatic carbocycles. The van der Waals surface area contributed by atoms with Crippen LogP contribution in [0, 0.1) is 0 Å². The number of ether oxygens (including phenoxy) is 1. The number of nitrogens with two attached hydrogens (primary N) is 1. The summed E-state index contributed by atoms with van der Waals surface area (Å²) < 4.78 is 5.15. The molecule has 1 amide bonds. The summed E-state index contributed by atoms with van der Waals surface area (Å²) in [5, 5.41) is 3.60. The smallest absolute Gasteiger partial charge is 0.250 e. The van der Waals surface area contributed by atoms with Gasteiger partial charge in [0.2, 0.25) is 5.91 Å². The first-order valence-electron chi connectivity index (χ1n) is 7.13. The average Bonchev–Trinajstić information content (AvgIpc) is 2.94. The standard InChI is InChI=1S/C15H22N2O2S/c16-9-10-19-11-15(18)17-13-7-3-4-8-14(13)20-12-5-1-2-6-12/h3-4,7-8,12H,1-2,5-6,9-11,16H2,(H,17,18). The van der Waals surface area contributed by atoms with E-state index in [0.717, 1.165) is 10.6 Å². The summed E-state index contributed by atoms with van der Waals surface area (Å²) >= 11 is 1.87. The topological polar surface area (TPSA) is 64.3 Å². The van der Waals surface area contributed by atoms with Gasteiger partial charge in [-0.3, -0.25) is 4.79 Å². The highest BCUT2D eigenvalue weighted by Gasteiger charge is 2.18. The summed E-state index contributed by atoms with van der Waals surface area (Å²) in [6.07, 6.45) is 5.18. The molecule has 1 aromatic rings. The van der Waals surface area contributed by atoms with Gasteiger partial charge in [-0.25, -0.2) is 0 Å². The molecule has 1 aliphatic rings. The Hall–Kier alpha value is -1.04. The van der Waals surface area contributed by atoms with Gasteiger partial charge in [-0.05, 0) is 25.0 Å².